The SMILES string of the molecule is Cc1cc(C)c2[nH]c(=O)c(CNc3cc([N+](=O)[O-])ccc3C)cc2c1. The highest BCUT2D eigenvalue weighted by atomic mass is 16.6. The summed E-state index contributed by atoms with van der Waals surface area (Å²) < 4.78 is 0. The normalized spacial score (nSPS) is 10.8. The van der Waals surface area contributed by atoms with Gasteiger partial charge in [-0.1, -0.05) is 17.7 Å². The van der Waals surface area contributed by atoms with E-state index in [0.717, 1.165) is 27.6 Å². The molecule has 0 bridgehead atoms. The van der Waals surface area contributed by atoms with Crippen LogP contribution in [0.15, 0.2) is 41.2 Å². The van der Waals surface area contributed by atoms with Gasteiger partial charge in [-0.2, -0.15) is 0 Å². The molecule has 0 unspecified atom stereocenters. The third-order valence-corrected chi connectivity index (χ3v) is 4.27. The van der Waals surface area contributed by atoms with Gasteiger partial charge in [-0.05, 0) is 49.4 Å². The number of pyridine rings is 1. The Kier molecular flexibility index (Phi) is 4.27. The van der Waals surface area contributed by atoms with Crippen LogP contribution >= 0.6 is 0 Å². The zero-order chi connectivity index (χ0) is 18.1. The Morgan fingerprint density at radius 1 is 1.08 bits per heavy atom. The highest BCUT2D eigenvalue weighted by molar-refractivity contribution is 5.82. The number of hydrogen-bond acceptors (Lipinski definition) is 4. The highest BCUT2D eigenvalue weighted by Gasteiger charge is 2.10. The lowest BCUT2D eigenvalue weighted by atomic mass is 10.1. The number of fused-ring (bicyclic) bond motifs is 1. The number of aryl methyl sites for hydroxylation is 3. The van der Waals surface area contributed by atoms with Gasteiger partial charge in [0.2, 0.25) is 0 Å². The second-order valence-corrected chi connectivity index (χ2v) is 6.28. The first-order chi connectivity index (χ1) is 11.8. The zero-order valence-electron chi connectivity index (χ0n) is 14.3. The van der Waals surface area contributed by atoms with E-state index in [-0.39, 0.29) is 11.2 Å². The van der Waals surface area contributed by atoms with Crippen LogP contribution in [0.25, 0.3) is 10.9 Å². The molecule has 0 atom stereocenters. The second kappa shape index (κ2) is 6.39. The molecule has 3 aromatic rings. The summed E-state index contributed by atoms with van der Waals surface area (Å²) in [6.45, 7) is 6.14. The molecule has 2 aromatic carbocycles. The van der Waals surface area contributed by atoms with Crippen molar-refractivity contribution in [1.29, 1.82) is 0 Å². The minimum atomic E-state index is -0.432. The zero-order valence-corrected chi connectivity index (χ0v) is 14.3. The van der Waals surface area contributed by atoms with Crippen LogP contribution in [-0.2, 0) is 6.54 Å². The molecule has 0 aliphatic heterocycles. The van der Waals surface area contributed by atoms with Crippen LogP contribution in [0.5, 0.6) is 0 Å². The van der Waals surface area contributed by atoms with Crippen molar-refractivity contribution in [3.8, 4) is 0 Å². The van der Waals surface area contributed by atoms with Crippen LogP contribution in [-0.4, -0.2) is 9.91 Å². The second-order valence-electron chi connectivity index (χ2n) is 6.28. The van der Waals surface area contributed by atoms with Gasteiger partial charge in [0.15, 0.2) is 0 Å². The number of nitrogens with zero attached hydrogens (tertiary/aromatic N) is 1. The lowest BCUT2D eigenvalue weighted by molar-refractivity contribution is -0.384. The molecule has 6 heteroatoms. The molecule has 128 valence electrons. The van der Waals surface area contributed by atoms with E-state index in [1.54, 1.807) is 6.07 Å². The maximum absolute atomic E-state index is 12.3. The van der Waals surface area contributed by atoms with Crippen LogP contribution in [0.2, 0.25) is 0 Å². The van der Waals surface area contributed by atoms with Gasteiger partial charge in [0.1, 0.15) is 0 Å². The predicted molar refractivity (Wildman–Crippen MR) is 99.2 cm³/mol. The van der Waals surface area contributed by atoms with Crippen molar-refractivity contribution in [3.05, 3.63) is 79.1 Å². The van der Waals surface area contributed by atoms with Crippen LogP contribution in [0.3, 0.4) is 0 Å². The number of non-ortho nitro benzene ring substituents is 1. The molecule has 2 N–H and O–H groups in total. The van der Waals surface area contributed by atoms with E-state index in [1.807, 2.05) is 39.0 Å². The number of benzene rings is 2. The van der Waals surface area contributed by atoms with Crippen LogP contribution < -0.4 is 10.9 Å². The average molecular weight is 337 g/mol. The van der Waals surface area contributed by atoms with Gasteiger partial charge in [0.05, 0.1) is 10.4 Å². The molecule has 25 heavy (non-hydrogen) atoms. The molecule has 0 aliphatic rings. The summed E-state index contributed by atoms with van der Waals surface area (Å²) in [6.07, 6.45) is 0. The van der Waals surface area contributed by atoms with E-state index >= 15 is 0 Å². The Labute approximate surface area is 144 Å². The summed E-state index contributed by atoms with van der Waals surface area (Å²) in [6, 6.07) is 10.6. The van der Waals surface area contributed by atoms with Crippen LogP contribution in [0, 0.1) is 30.9 Å². The smallest absolute Gasteiger partial charge is 0.271 e. The maximum atomic E-state index is 12.3. The van der Waals surface area contributed by atoms with Gasteiger partial charge in [-0.25, -0.2) is 0 Å². The molecule has 0 saturated heterocycles. The van der Waals surface area contributed by atoms with Crippen molar-refractivity contribution in [2.75, 3.05) is 5.32 Å². The number of hydrogen-bond donors (Lipinski definition) is 2. The van der Waals surface area contributed by atoms with Gasteiger partial charge < -0.3 is 10.3 Å². The fourth-order valence-electron chi connectivity index (χ4n) is 2.97. The first-order valence-electron chi connectivity index (χ1n) is 7.97. The van der Waals surface area contributed by atoms with E-state index in [1.165, 1.54) is 12.1 Å². The minimum absolute atomic E-state index is 0.0202. The number of rotatable bonds is 4. The fourth-order valence-corrected chi connectivity index (χ4v) is 2.97. The largest absolute Gasteiger partial charge is 0.380 e. The molecule has 0 amide bonds. The van der Waals surface area contributed by atoms with E-state index in [9.17, 15) is 14.9 Å². The van der Waals surface area contributed by atoms with Crippen molar-refractivity contribution in [2.24, 2.45) is 0 Å². The lowest BCUT2D eigenvalue weighted by Crippen LogP contribution is -2.16. The Morgan fingerprint density at radius 3 is 2.56 bits per heavy atom. The summed E-state index contributed by atoms with van der Waals surface area (Å²) in [5, 5.41) is 15.0. The van der Waals surface area contributed by atoms with Crippen molar-refractivity contribution in [2.45, 2.75) is 27.3 Å². The number of aromatic amines is 1. The Hall–Kier alpha value is -3.15. The molecule has 6 nitrogen and oxygen atoms in total. The Balaban J connectivity index is 1.94. The molecular formula is C19H19N3O3. The molecular weight excluding hydrogens is 318 g/mol. The number of nitro benzene ring substituents is 1. The van der Waals surface area contributed by atoms with Gasteiger partial charge in [-0.15, -0.1) is 0 Å². The third-order valence-electron chi connectivity index (χ3n) is 4.27. The fraction of sp³-hybridized carbons (Fsp3) is 0.211. The average Bonchev–Trinajstić information content (AvgIpc) is 2.54. The van der Waals surface area contributed by atoms with Gasteiger partial charge in [0.25, 0.3) is 11.2 Å². The Morgan fingerprint density at radius 2 is 1.84 bits per heavy atom. The number of aromatic nitrogens is 1. The number of anilines is 1. The van der Waals surface area contributed by atoms with Crippen molar-refractivity contribution in [1.82, 2.24) is 4.98 Å². The first kappa shape index (κ1) is 16.7. The van der Waals surface area contributed by atoms with Gasteiger partial charge in [-0.3, -0.25) is 14.9 Å². The summed E-state index contributed by atoms with van der Waals surface area (Å²) in [7, 11) is 0. The minimum Gasteiger partial charge on any atom is -0.380 e. The third kappa shape index (κ3) is 3.38. The number of H-pyrrole nitrogens is 1. The number of nitro groups is 1. The molecule has 0 fully saturated rings. The molecule has 0 aliphatic carbocycles. The molecule has 1 aromatic heterocycles. The van der Waals surface area contributed by atoms with Crippen LogP contribution in [0.4, 0.5) is 11.4 Å². The maximum Gasteiger partial charge on any atom is 0.271 e. The molecule has 1 heterocycles. The lowest BCUT2D eigenvalue weighted by Gasteiger charge is -2.11. The monoisotopic (exact) mass is 337 g/mol. The predicted octanol–water partition coefficient (Wildman–Crippen LogP) is 3.97. The van der Waals surface area contributed by atoms with Gasteiger partial charge >= 0.3 is 0 Å². The molecule has 3 rings (SSSR count). The molecule has 0 saturated carbocycles. The van der Waals surface area contributed by atoms with E-state index in [4.69, 9.17) is 0 Å². The molecule has 0 radical (unpaired) electrons. The van der Waals surface area contributed by atoms with Crippen molar-refractivity contribution >= 4 is 22.3 Å². The summed E-state index contributed by atoms with van der Waals surface area (Å²) in [5.74, 6) is 0. The quantitative estimate of drug-likeness (QED) is 0.557. The standard InChI is InChI=1S/C19H19N3O3/c1-11-6-13(3)18-14(7-11)8-15(19(23)21-18)10-20-17-9-16(22(24)25)5-4-12(17)2/h4-9,20H,10H2,1-3H3,(H,21,23). The van der Waals surface area contributed by atoms with Crippen LogP contribution in [0.1, 0.15) is 22.3 Å². The van der Waals surface area contributed by atoms with E-state index in [2.05, 4.69) is 10.3 Å². The van der Waals surface area contributed by atoms with Gasteiger partial charge in [0, 0.05) is 29.9 Å². The van der Waals surface area contributed by atoms with Crippen molar-refractivity contribution in [3.63, 3.8) is 0 Å². The van der Waals surface area contributed by atoms with Crippen molar-refractivity contribution < 1.29 is 4.92 Å². The van der Waals surface area contributed by atoms with E-state index < -0.39 is 4.92 Å². The van der Waals surface area contributed by atoms with E-state index in [0.29, 0.717) is 17.8 Å². The summed E-state index contributed by atoms with van der Waals surface area (Å²) in [4.78, 5) is 25.8. The summed E-state index contributed by atoms with van der Waals surface area (Å²) in [5.41, 5.74) is 4.98. The Bertz CT molecular complexity index is 1040. The highest BCUT2D eigenvalue weighted by Crippen LogP contribution is 2.23. The summed E-state index contributed by atoms with van der Waals surface area (Å²) >= 11 is 0. The first-order valence-corrected chi connectivity index (χ1v) is 7.97. The number of nitrogens with one attached hydrogen (secondary N) is 2. The topological polar surface area (TPSA) is 88.0 Å². The molecule has 0 spiro atoms.